The van der Waals surface area contributed by atoms with Gasteiger partial charge in [0.15, 0.2) is 0 Å². The fourth-order valence-electron chi connectivity index (χ4n) is 2.43. The Morgan fingerprint density at radius 2 is 2.16 bits per heavy atom. The molecule has 2 N–H and O–H groups in total. The van der Waals surface area contributed by atoms with E-state index < -0.39 is 10.0 Å². The van der Waals surface area contributed by atoms with Crippen LogP contribution in [0, 0.1) is 12.8 Å². The summed E-state index contributed by atoms with van der Waals surface area (Å²) in [6.45, 7) is 4.96. The van der Waals surface area contributed by atoms with Gasteiger partial charge in [0, 0.05) is 23.8 Å². The topological polar surface area (TPSA) is 63.4 Å². The number of sulfonamides is 1. The molecule has 1 atom stereocenters. The largest absolute Gasteiger partial charge is 0.398 e. The van der Waals surface area contributed by atoms with Crippen LogP contribution in [0.2, 0.25) is 5.02 Å². The molecular weight excluding hydrogens is 284 g/mol. The van der Waals surface area contributed by atoms with Gasteiger partial charge in [-0.1, -0.05) is 24.9 Å². The van der Waals surface area contributed by atoms with E-state index in [-0.39, 0.29) is 4.90 Å². The average Bonchev–Trinajstić information content (AvgIpc) is 2.83. The zero-order valence-corrected chi connectivity index (χ0v) is 12.8. The molecule has 1 aliphatic heterocycles. The van der Waals surface area contributed by atoms with Crippen LogP contribution >= 0.6 is 11.6 Å². The van der Waals surface area contributed by atoms with E-state index in [1.807, 2.05) is 0 Å². The molecule has 0 spiro atoms. The van der Waals surface area contributed by atoms with Crippen molar-refractivity contribution in [2.45, 2.75) is 31.6 Å². The van der Waals surface area contributed by atoms with Crippen LogP contribution in [-0.4, -0.2) is 25.8 Å². The fraction of sp³-hybridized carbons (Fsp3) is 0.538. The molecule has 6 heteroatoms. The highest BCUT2D eigenvalue weighted by atomic mass is 35.5. The Hall–Kier alpha value is -0.780. The van der Waals surface area contributed by atoms with Crippen molar-refractivity contribution in [2.24, 2.45) is 5.92 Å². The molecule has 1 aromatic carbocycles. The second-order valence-electron chi connectivity index (χ2n) is 5.04. The van der Waals surface area contributed by atoms with E-state index in [4.69, 9.17) is 17.3 Å². The summed E-state index contributed by atoms with van der Waals surface area (Å²) in [5.41, 5.74) is 6.79. The van der Waals surface area contributed by atoms with Crippen LogP contribution in [-0.2, 0) is 10.0 Å². The number of benzene rings is 1. The maximum absolute atomic E-state index is 12.6. The Kier molecular flexibility index (Phi) is 4.08. The first-order valence-electron chi connectivity index (χ1n) is 6.42. The van der Waals surface area contributed by atoms with Gasteiger partial charge in [0.2, 0.25) is 10.0 Å². The summed E-state index contributed by atoms with van der Waals surface area (Å²) < 4.78 is 26.8. The van der Waals surface area contributed by atoms with Gasteiger partial charge < -0.3 is 5.73 Å². The Bertz CT molecular complexity index is 587. The number of nitrogens with two attached hydrogens (primary N) is 1. The SMILES string of the molecule is CCC1CCN(S(=O)(=O)c2cc(Cl)cc(N)c2C)C1. The first-order chi connectivity index (χ1) is 8.86. The molecular formula is C13H19ClN2O2S. The number of nitrogens with zero attached hydrogens (tertiary/aromatic N) is 1. The lowest BCUT2D eigenvalue weighted by molar-refractivity contribution is 0.452. The minimum absolute atomic E-state index is 0.231. The maximum Gasteiger partial charge on any atom is 0.243 e. The molecule has 0 aromatic heterocycles. The van der Waals surface area contributed by atoms with Crippen LogP contribution in [0.5, 0.6) is 0 Å². The van der Waals surface area contributed by atoms with E-state index >= 15 is 0 Å². The summed E-state index contributed by atoms with van der Waals surface area (Å²) in [5.74, 6) is 0.451. The van der Waals surface area contributed by atoms with Crippen LogP contribution in [0.1, 0.15) is 25.3 Å². The molecule has 1 aromatic rings. The fourth-order valence-corrected chi connectivity index (χ4v) is 4.53. The standard InChI is InChI=1S/C13H19ClN2O2S/c1-3-10-4-5-16(8-10)19(17,18)13-7-11(14)6-12(15)9(13)2/h6-7,10H,3-5,8,15H2,1-2H3. The summed E-state index contributed by atoms with van der Waals surface area (Å²) in [4.78, 5) is 0.231. The highest BCUT2D eigenvalue weighted by molar-refractivity contribution is 7.89. The number of hydrogen-bond acceptors (Lipinski definition) is 3. The van der Waals surface area contributed by atoms with Crippen molar-refractivity contribution in [3.63, 3.8) is 0 Å². The molecule has 1 saturated heterocycles. The van der Waals surface area contributed by atoms with Crippen molar-refractivity contribution in [1.29, 1.82) is 0 Å². The molecule has 1 unspecified atom stereocenters. The lowest BCUT2D eigenvalue weighted by Crippen LogP contribution is -2.29. The van der Waals surface area contributed by atoms with Crippen molar-refractivity contribution in [3.05, 3.63) is 22.7 Å². The maximum atomic E-state index is 12.6. The molecule has 0 amide bonds. The van der Waals surface area contributed by atoms with Crippen LogP contribution in [0.3, 0.4) is 0 Å². The molecule has 1 aliphatic rings. The Morgan fingerprint density at radius 3 is 2.74 bits per heavy atom. The molecule has 0 bridgehead atoms. The minimum Gasteiger partial charge on any atom is -0.398 e. The van der Waals surface area contributed by atoms with Gasteiger partial charge >= 0.3 is 0 Å². The lowest BCUT2D eigenvalue weighted by atomic mass is 10.1. The van der Waals surface area contributed by atoms with Crippen molar-refractivity contribution < 1.29 is 8.42 Å². The summed E-state index contributed by atoms with van der Waals surface area (Å²) in [6, 6.07) is 3.07. The zero-order valence-electron chi connectivity index (χ0n) is 11.2. The molecule has 1 fully saturated rings. The van der Waals surface area contributed by atoms with Crippen LogP contribution in [0.25, 0.3) is 0 Å². The van der Waals surface area contributed by atoms with Gasteiger partial charge in [-0.3, -0.25) is 0 Å². The van der Waals surface area contributed by atoms with Gasteiger partial charge in [0.1, 0.15) is 0 Å². The molecule has 0 radical (unpaired) electrons. The lowest BCUT2D eigenvalue weighted by Gasteiger charge is -2.19. The minimum atomic E-state index is -3.49. The third-order valence-electron chi connectivity index (χ3n) is 3.81. The van der Waals surface area contributed by atoms with Crippen LogP contribution in [0.4, 0.5) is 5.69 Å². The molecule has 106 valence electrons. The third kappa shape index (κ3) is 2.73. The molecule has 0 aliphatic carbocycles. The van der Waals surface area contributed by atoms with E-state index in [1.165, 1.54) is 6.07 Å². The number of hydrogen-bond donors (Lipinski definition) is 1. The van der Waals surface area contributed by atoms with E-state index in [2.05, 4.69) is 6.92 Å². The zero-order chi connectivity index (χ0) is 14.2. The Morgan fingerprint density at radius 1 is 1.47 bits per heavy atom. The molecule has 0 saturated carbocycles. The molecule has 4 nitrogen and oxygen atoms in total. The highest BCUT2D eigenvalue weighted by Crippen LogP contribution is 2.31. The second-order valence-corrected chi connectivity index (χ2v) is 7.39. The monoisotopic (exact) mass is 302 g/mol. The predicted molar refractivity (Wildman–Crippen MR) is 77.8 cm³/mol. The third-order valence-corrected chi connectivity index (χ3v) is 6.02. The average molecular weight is 303 g/mol. The summed E-state index contributed by atoms with van der Waals surface area (Å²) in [7, 11) is -3.49. The van der Waals surface area contributed by atoms with Gasteiger partial charge in [-0.05, 0) is 37.0 Å². The highest BCUT2D eigenvalue weighted by Gasteiger charge is 2.33. The molecule has 1 heterocycles. The first kappa shape index (κ1) is 14.6. The van der Waals surface area contributed by atoms with Gasteiger partial charge in [-0.25, -0.2) is 8.42 Å². The van der Waals surface area contributed by atoms with Crippen LogP contribution < -0.4 is 5.73 Å². The molecule has 19 heavy (non-hydrogen) atoms. The Balaban J connectivity index is 2.41. The Labute approximate surface area is 119 Å². The number of anilines is 1. The van der Waals surface area contributed by atoms with E-state index in [1.54, 1.807) is 17.3 Å². The van der Waals surface area contributed by atoms with Crippen molar-refractivity contribution in [2.75, 3.05) is 18.8 Å². The van der Waals surface area contributed by atoms with Gasteiger partial charge in [0.05, 0.1) is 4.90 Å². The van der Waals surface area contributed by atoms with Crippen molar-refractivity contribution in [1.82, 2.24) is 4.31 Å². The summed E-state index contributed by atoms with van der Waals surface area (Å²) in [5, 5.41) is 0.355. The number of nitrogen functional groups attached to an aromatic ring is 1. The van der Waals surface area contributed by atoms with E-state index in [0.29, 0.717) is 35.3 Å². The number of halogens is 1. The normalized spacial score (nSPS) is 20.9. The van der Waals surface area contributed by atoms with Gasteiger partial charge in [0.25, 0.3) is 0 Å². The quantitative estimate of drug-likeness (QED) is 0.873. The van der Waals surface area contributed by atoms with Crippen molar-refractivity contribution in [3.8, 4) is 0 Å². The van der Waals surface area contributed by atoms with E-state index in [9.17, 15) is 8.42 Å². The second kappa shape index (κ2) is 5.31. The van der Waals surface area contributed by atoms with Crippen molar-refractivity contribution >= 4 is 27.3 Å². The smallest absolute Gasteiger partial charge is 0.243 e. The van der Waals surface area contributed by atoms with Gasteiger partial charge in [-0.15, -0.1) is 0 Å². The van der Waals surface area contributed by atoms with E-state index in [0.717, 1.165) is 12.8 Å². The summed E-state index contributed by atoms with van der Waals surface area (Å²) in [6.07, 6.45) is 1.92. The predicted octanol–water partition coefficient (Wildman–Crippen LogP) is 2.65. The first-order valence-corrected chi connectivity index (χ1v) is 8.23. The molecule has 2 rings (SSSR count). The van der Waals surface area contributed by atoms with Gasteiger partial charge in [-0.2, -0.15) is 4.31 Å². The van der Waals surface area contributed by atoms with Crippen LogP contribution in [0.15, 0.2) is 17.0 Å². The number of rotatable bonds is 3. The summed E-state index contributed by atoms with van der Waals surface area (Å²) >= 11 is 5.93.